The zero-order valence-electron chi connectivity index (χ0n) is 16.3. The van der Waals surface area contributed by atoms with Gasteiger partial charge in [0.05, 0.1) is 27.7 Å². The molecule has 0 N–H and O–H groups in total. The molecule has 0 atom stereocenters. The van der Waals surface area contributed by atoms with Crippen LogP contribution in [0.25, 0.3) is 0 Å². The zero-order valence-corrected chi connectivity index (χ0v) is 18.7. The lowest BCUT2D eigenvalue weighted by Crippen LogP contribution is -2.28. The van der Waals surface area contributed by atoms with Gasteiger partial charge in [-0.1, -0.05) is 29.8 Å². The number of benzene rings is 2. The second-order valence-electron chi connectivity index (χ2n) is 6.64. The summed E-state index contributed by atoms with van der Waals surface area (Å²) in [6, 6.07) is 15.0. The van der Waals surface area contributed by atoms with Gasteiger partial charge in [-0.15, -0.1) is 11.3 Å². The lowest BCUT2D eigenvalue weighted by molar-refractivity contribution is 0.0786. The van der Waals surface area contributed by atoms with Crippen LogP contribution in [0.3, 0.4) is 0 Å². The van der Waals surface area contributed by atoms with Crippen LogP contribution < -0.4 is 4.31 Å². The van der Waals surface area contributed by atoms with Crippen LogP contribution in [0.4, 0.5) is 5.69 Å². The molecular weight excluding hydrogens is 428 g/mol. The fourth-order valence-corrected chi connectivity index (χ4v) is 5.20. The molecule has 29 heavy (non-hydrogen) atoms. The molecule has 1 amide bonds. The molecule has 0 fully saturated rings. The first kappa shape index (κ1) is 21.4. The minimum Gasteiger partial charge on any atom is -0.337 e. The van der Waals surface area contributed by atoms with Gasteiger partial charge in [0.15, 0.2) is 0 Å². The van der Waals surface area contributed by atoms with Crippen molar-refractivity contribution >= 4 is 44.6 Å². The van der Waals surface area contributed by atoms with Crippen LogP contribution in [-0.4, -0.2) is 33.3 Å². The van der Waals surface area contributed by atoms with Gasteiger partial charge in [-0.25, -0.2) is 8.42 Å². The second kappa shape index (κ2) is 8.57. The molecule has 0 spiro atoms. The third kappa shape index (κ3) is 4.47. The summed E-state index contributed by atoms with van der Waals surface area (Å²) in [4.78, 5) is 15.6. The first-order valence-electron chi connectivity index (χ1n) is 8.84. The predicted octanol–water partition coefficient (Wildman–Crippen LogP) is 4.81. The van der Waals surface area contributed by atoms with E-state index in [4.69, 9.17) is 11.6 Å². The van der Waals surface area contributed by atoms with Gasteiger partial charge in [0.25, 0.3) is 15.9 Å². The van der Waals surface area contributed by atoms with Gasteiger partial charge >= 0.3 is 0 Å². The SMILES string of the molecule is Cc1ccsc1CN(C)C(=O)c1cc(S(=O)(=O)N(C)c2ccccc2)ccc1Cl. The molecule has 0 saturated heterocycles. The van der Waals surface area contributed by atoms with Crippen molar-refractivity contribution in [1.82, 2.24) is 4.90 Å². The Morgan fingerprint density at radius 3 is 2.38 bits per heavy atom. The summed E-state index contributed by atoms with van der Waals surface area (Å²) in [5.41, 5.74) is 1.80. The van der Waals surface area contributed by atoms with E-state index >= 15 is 0 Å². The number of hydrogen-bond acceptors (Lipinski definition) is 4. The maximum Gasteiger partial charge on any atom is 0.264 e. The van der Waals surface area contributed by atoms with Crippen LogP contribution in [0.2, 0.25) is 5.02 Å². The number of thiophene rings is 1. The molecule has 5 nitrogen and oxygen atoms in total. The van der Waals surface area contributed by atoms with Crippen molar-refractivity contribution in [1.29, 1.82) is 0 Å². The van der Waals surface area contributed by atoms with Crippen LogP contribution in [0.1, 0.15) is 20.8 Å². The van der Waals surface area contributed by atoms with Gasteiger partial charge in [0.2, 0.25) is 0 Å². The highest BCUT2D eigenvalue weighted by molar-refractivity contribution is 7.92. The molecule has 3 rings (SSSR count). The second-order valence-corrected chi connectivity index (χ2v) is 10.0. The number of anilines is 1. The summed E-state index contributed by atoms with van der Waals surface area (Å²) in [5, 5.41) is 2.19. The molecule has 0 bridgehead atoms. The molecule has 1 aromatic heterocycles. The van der Waals surface area contributed by atoms with E-state index < -0.39 is 10.0 Å². The Morgan fingerprint density at radius 1 is 1.07 bits per heavy atom. The van der Waals surface area contributed by atoms with E-state index in [0.717, 1.165) is 10.4 Å². The summed E-state index contributed by atoms with van der Waals surface area (Å²) in [5.74, 6) is -0.331. The average Bonchev–Trinajstić information content (AvgIpc) is 3.12. The number of halogens is 1. The van der Waals surface area contributed by atoms with Gasteiger partial charge in [-0.05, 0) is 54.3 Å². The van der Waals surface area contributed by atoms with Crippen molar-refractivity contribution in [3.8, 4) is 0 Å². The molecule has 0 saturated carbocycles. The Kier molecular flexibility index (Phi) is 6.31. The van der Waals surface area contributed by atoms with E-state index in [0.29, 0.717) is 12.2 Å². The topological polar surface area (TPSA) is 57.7 Å². The molecule has 0 aliphatic carbocycles. The number of carbonyl (C=O) groups excluding carboxylic acids is 1. The van der Waals surface area contributed by atoms with Gasteiger partial charge in [0.1, 0.15) is 0 Å². The smallest absolute Gasteiger partial charge is 0.264 e. The molecule has 152 valence electrons. The highest BCUT2D eigenvalue weighted by atomic mass is 35.5. The summed E-state index contributed by atoms with van der Waals surface area (Å²) >= 11 is 7.82. The number of sulfonamides is 1. The van der Waals surface area contributed by atoms with Crippen molar-refractivity contribution in [2.24, 2.45) is 0 Å². The quantitative estimate of drug-likeness (QED) is 0.543. The number of carbonyl (C=O) groups is 1. The van der Waals surface area contributed by atoms with Crippen molar-refractivity contribution in [3.05, 3.63) is 81.0 Å². The van der Waals surface area contributed by atoms with Gasteiger partial charge in [-0.3, -0.25) is 9.10 Å². The number of para-hydroxylation sites is 1. The third-order valence-electron chi connectivity index (χ3n) is 4.64. The molecule has 0 unspecified atom stereocenters. The number of rotatable bonds is 6. The Bertz CT molecular complexity index is 1130. The first-order valence-corrected chi connectivity index (χ1v) is 11.5. The third-order valence-corrected chi connectivity index (χ3v) is 7.76. The van der Waals surface area contributed by atoms with Gasteiger partial charge in [0, 0.05) is 19.0 Å². The number of aryl methyl sites for hydroxylation is 1. The standard InChI is InChI=1S/C21H21ClN2O3S2/c1-15-11-12-28-20(15)14-23(2)21(25)18-13-17(9-10-19(18)22)29(26,27)24(3)16-7-5-4-6-8-16/h4-13H,14H2,1-3H3. The maximum absolute atomic E-state index is 13.0. The number of nitrogens with zero attached hydrogens (tertiary/aromatic N) is 2. The highest BCUT2D eigenvalue weighted by Crippen LogP contribution is 2.27. The predicted molar refractivity (Wildman–Crippen MR) is 118 cm³/mol. The fourth-order valence-electron chi connectivity index (χ4n) is 2.82. The summed E-state index contributed by atoms with van der Waals surface area (Å²) in [6.45, 7) is 2.42. The molecule has 2 aromatic carbocycles. The number of amides is 1. The normalized spacial score (nSPS) is 11.3. The van der Waals surface area contributed by atoms with Gasteiger partial charge in [-0.2, -0.15) is 0 Å². The molecule has 8 heteroatoms. The first-order chi connectivity index (χ1) is 13.7. The highest BCUT2D eigenvalue weighted by Gasteiger charge is 2.25. The summed E-state index contributed by atoms with van der Waals surface area (Å²) < 4.78 is 27.3. The zero-order chi connectivity index (χ0) is 21.2. The molecule has 3 aromatic rings. The van der Waals surface area contributed by atoms with E-state index in [2.05, 4.69) is 0 Å². The Labute approximate surface area is 180 Å². The van der Waals surface area contributed by atoms with E-state index in [1.54, 1.807) is 42.6 Å². The molecule has 0 radical (unpaired) electrons. The van der Waals surface area contributed by atoms with Gasteiger partial charge < -0.3 is 4.90 Å². The lowest BCUT2D eigenvalue weighted by atomic mass is 10.2. The van der Waals surface area contributed by atoms with Crippen molar-refractivity contribution in [3.63, 3.8) is 0 Å². The molecule has 1 heterocycles. The Morgan fingerprint density at radius 2 is 1.76 bits per heavy atom. The summed E-state index contributed by atoms with van der Waals surface area (Å²) in [7, 11) is -0.687. The fraction of sp³-hybridized carbons (Fsp3) is 0.190. The minimum absolute atomic E-state index is 0.0114. The van der Waals surface area contributed by atoms with Crippen LogP contribution in [0.15, 0.2) is 64.9 Å². The lowest BCUT2D eigenvalue weighted by Gasteiger charge is -2.21. The molecule has 0 aliphatic rings. The van der Waals surface area contributed by atoms with Crippen molar-refractivity contribution in [2.75, 3.05) is 18.4 Å². The number of hydrogen-bond donors (Lipinski definition) is 0. The molecular formula is C21H21ClN2O3S2. The minimum atomic E-state index is -3.84. The summed E-state index contributed by atoms with van der Waals surface area (Å²) in [6.07, 6.45) is 0. The van der Waals surface area contributed by atoms with E-state index in [1.165, 1.54) is 34.5 Å². The Balaban J connectivity index is 1.91. The van der Waals surface area contributed by atoms with E-state index in [1.807, 2.05) is 24.4 Å². The maximum atomic E-state index is 13.0. The van der Waals surface area contributed by atoms with Crippen molar-refractivity contribution < 1.29 is 13.2 Å². The van der Waals surface area contributed by atoms with Crippen LogP contribution >= 0.6 is 22.9 Å². The Hall–Kier alpha value is -2.35. The largest absolute Gasteiger partial charge is 0.337 e. The van der Waals surface area contributed by atoms with Crippen LogP contribution in [-0.2, 0) is 16.6 Å². The van der Waals surface area contributed by atoms with E-state index in [-0.39, 0.29) is 21.4 Å². The van der Waals surface area contributed by atoms with Crippen molar-refractivity contribution in [2.45, 2.75) is 18.4 Å². The monoisotopic (exact) mass is 448 g/mol. The van der Waals surface area contributed by atoms with Crippen LogP contribution in [0.5, 0.6) is 0 Å². The molecule has 0 aliphatic heterocycles. The van der Waals surface area contributed by atoms with Crippen LogP contribution in [0, 0.1) is 6.92 Å². The van der Waals surface area contributed by atoms with E-state index in [9.17, 15) is 13.2 Å². The average molecular weight is 449 g/mol.